The third-order valence-corrected chi connectivity index (χ3v) is 4.29. The molecule has 1 aromatic heterocycles. The Morgan fingerprint density at radius 1 is 1.31 bits per heavy atom. The molecule has 2 aromatic rings. The van der Waals surface area contributed by atoms with E-state index in [4.69, 9.17) is 9.15 Å². The zero-order valence-electron chi connectivity index (χ0n) is 15.4. The first-order chi connectivity index (χ1) is 12.2. The molecule has 2 amide bonds. The molecule has 0 spiro atoms. The quantitative estimate of drug-likeness (QED) is 0.886. The summed E-state index contributed by atoms with van der Waals surface area (Å²) in [6, 6.07) is 5.17. The van der Waals surface area contributed by atoms with Crippen LogP contribution >= 0.6 is 0 Å². The van der Waals surface area contributed by atoms with Gasteiger partial charge in [0.1, 0.15) is 5.60 Å². The first kappa shape index (κ1) is 18.0. The summed E-state index contributed by atoms with van der Waals surface area (Å²) in [4.78, 5) is 37.9. The number of anilines is 1. The largest absolute Gasteiger partial charge is 0.444 e. The Hall–Kier alpha value is -2.77. The summed E-state index contributed by atoms with van der Waals surface area (Å²) in [7, 11) is 1.61. The molecule has 1 N–H and O–H groups in total. The molecule has 1 aromatic carbocycles. The van der Waals surface area contributed by atoms with E-state index in [1.54, 1.807) is 50.9 Å². The second-order valence-electron chi connectivity index (χ2n) is 7.48. The van der Waals surface area contributed by atoms with Crippen molar-refractivity contribution in [1.29, 1.82) is 0 Å². The standard InChI is InChI=1S/C18H23N3O5/c1-18(2,3)26-17(24)21-9-8-11(10-21)15(22)19-12-6-5-7-13-14(12)25-16(23)20(13)4/h5-7,11H,8-10H2,1-4H3,(H,19,22)/t11-/m0/s1. The van der Waals surface area contributed by atoms with Gasteiger partial charge in [-0.05, 0) is 39.3 Å². The van der Waals surface area contributed by atoms with Crippen molar-refractivity contribution in [2.75, 3.05) is 18.4 Å². The molecule has 0 aliphatic carbocycles. The van der Waals surface area contributed by atoms with Gasteiger partial charge < -0.3 is 19.4 Å². The lowest BCUT2D eigenvalue weighted by molar-refractivity contribution is -0.119. The first-order valence-electron chi connectivity index (χ1n) is 8.53. The van der Waals surface area contributed by atoms with Crippen molar-refractivity contribution in [1.82, 2.24) is 9.47 Å². The fraction of sp³-hybridized carbons (Fsp3) is 0.500. The van der Waals surface area contributed by atoms with E-state index in [0.29, 0.717) is 36.3 Å². The number of benzene rings is 1. The Labute approximate surface area is 150 Å². The number of amides is 2. The second-order valence-corrected chi connectivity index (χ2v) is 7.48. The van der Waals surface area contributed by atoms with Crippen molar-refractivity contribution in [3.63, 3.8) is 0 Å². The third kappa shape index (κ3) is 3.58. The number of oxazole rings is 1. The van der Waals surface area contributed by atoms with Gasteiger partial charge in [0.05, 0.1) is 17.1 Å². The molecule has 8 nitrogen and oxygen atoms in total. The van der Waals surface area contributed by atoms with E-state index in [-0.39, 0.29) is 11.8 Å². The van der Waals surface area contributed by atoms with Gasteiger partial charge in [-0.1, -0.05) is 6.07 Å². The highest BCUT2D eigenvalue weighted by molar-refractivity contribution is 6.00. The van der Waals surface area contributed by atoms with E-state index in [0.717, 1.165) is 0 Å². The van der Waals surface area contributed by atoms with Crippen LogP contribution in [0.4, 0.5) is 10.5 Å². The number of rotatable bonds is 2. The van der Waals surface area contributed by atoms with Crippen LogP contribution in [0.15, 0.2) is 27.4 Å². The number of hydrogen-bond acceptors (Lipinski definition) is 5. The van der Waals surface area contributed by atoms with Crippen LogP contribution in [0.2, 0.25) is 0 Å². The molecule has 1 atom stereocenters. The minimum absolute atomic E-state index is 0.213. The molecular formula is C18H23N3O5. The number of likely N-dealkylation sites (tertiary alicyclic amines) is 1. The number of aromatic nitrogens is 1. The molecule has 0 radical (unpaired) electrons. The lowest BCUT2D eigenvalue weighted by Crippen LogP contribution is -2.36. The maximum atomic E-state index is 12.6. The summed E-state index contributed by atoms with van der Waals surface area (Å²) < 4.78 is 11.9. The van der Waals surface area contributed by atoms with E-state index in [2.05, 4.69) is 5.32 Å². The van der Waals surface area contributed by atoms with Gasteiger partial charge in [-0.2, -0.15) is 0 Å². The number of ether oxygens (including phenoxy) is 1. The Morgan fingerprint density at radius 3 is 2.73 bits per heavy atom. The van der Waals surface area contributed by atoms with Crippen molar-refractivity contribution in [3.05, 3.63) is 28.7 Å². The number of nitrogens with zero attached hydrogens (tertiary/aromatic N) is 2. The minimum Gasteiger partial charge on any atom is -0.444 e. The molecule has 140 valence electrons. The van der Waals surface area contributed by atoms with Crippen LogP contribution in [0, 0.1) is 5.92 Å². The van der Waals surface area contributed by atoms with Crippen LogP contribution in [-0.4, -0.2) is 40.2 Å². The predicted octanol–water partition coefficient (Wildman–Crippen LogP) is 2.33. The summed E-state index contributed by atoms with van der Waals surface area (Å²) in [5.74, 6) is -1.04. The highest BCUT2D eigenvalue weighted by Crippen LogP contribution is 2.25. The zero-order valence-corrected chi connectivity index (χ0v) is 15.4. The Balaban J connectivity index is 1.69. The minimum atomic E-state index is -0.572. The number of hydrogen-bond donors (Lipinski definition) is 1. The van der Waals surface area contributed by atoms with Gasteiger partial charge in [-0.3, -0.25) is 9.36 Å². The SMILES string of the molecule is Cn1c(=O)oc2c(NC(=O)[C@H]3CCN(C(=O)OC(C)(C)C)C3)cccc21. The van der Waals surface area contributed by atoms with E-state index in [1.165, 1.54) is 4.57 Å². The van der Waals surface area contributed by atoms with E-state index < -0.39 is 17.5 Å². The van der Waals surface area contributed by atoms with Crippen molar-refractivity contribution >= 4 is 28.8 Å². The number of carbonyl (C=O) groups is 2. The summed E-state index contributed by atoms with van der Waals surface area (Å²) >= 11 is 0. The van der Waals surface area contributed by atoms with Crippen LogP contribution < -0.4 is 11.1 Å². The smallest absolute Gasteiger partial charge is 0.419 e. The number of aryl methyl sites for hydroxylation is 1. The van der Waals surface area contributed by atoms with Crippen molar-refractivity contribution in [2.45, 2.75) is 32.8 Å². The normalized spacial score (nSPS) is 17.5. The molecule has 8 heteroatoms. The third-order valence-electron chi connectivity index (χ3n) is 4.29. The summed E-state index contributed by atoms with van der Waals surface area (Å²) in [5.41, 5.74) is 0.823. The summed E-state index contributed by atoms with van der Waals surface area (Å²) in [6.45, 7) is 6.19. The van der Waals surface area contributed by atoms with Gasteiger partial charge in [0.25, 0.3) is 0 Å². The Bertz CT molecular complexity index is 906. The fourth-order valence-electron chi connectivity index (χ4n) is 2.95. The Kier molecular flexibility index (Phi) is 4.52. The highest BCUT2D eigenvalue weighted by atomic mass is 16.6. The number of carbonyl (C=O) groups excluding carboxylic acids is 2. The van der Waals surface area contributed by atoms with E-state index >= 15 is 0 Å². The molecule has 0 saturated carbocycles. The topological polar surface area (TPSA) is 93.8 Å². The number of fused-ring (bicyclic) bond motifs is 1. The lowest BCUT2D eigenvalue weighted by atomic mass is 10.1. The first-order valence-corrected chi connectivity index (χ1v) is 8.53. The van der Waals surface area contributed by atoms with Crippen molar-refractivity contribution in [3.8, 4) is 0 Å². The highest BCUT2D eigenvalue weighted by Gasteiger charge is 2.33. The average Bonchev–Trinajstić information content (AvgIpc) is 3.13. The molecule has 3 rings (SSSR count). The molecule has 2 heterocycles. The zero-order chi connectivity index (χ0) is 19.1. The van der Waals surface area contributed by atoms with Gasteiger partial charge in [-0.25, -0.2) is 9.59 Å². The summed E-state index contributed by atoms with van der Waals surface area (Å²) in [6.07, 6.45) is 0.142. The summed E-state index contributed by atoms with van der Waals surface area (Å²) in [5, 5.41) is 2.81. The second kappa shape index (κ2) is 6.51. The van der Waals surface area contributed by atoms with Gasteiger partial charge >= 0.3 is 11.8 Å². The average molecular weight is 361 g/mol. The van der Waals surface area contributed by atoms with Crippen molar-refractivity contribution < 1.29 is 18.7 Å². The molecule has 1 saturated heterocycles. The van der Waals surface area contributed by atoms with Gasteiger partial charge in [0.15, 0.2) is 5.58 Å². The predicted molar refractivity (Wildman–Crippen MR) is 96.0 cm³/mol. The monoisotopic (exact) mass is 361 g/mol. The maximum Gasteiger partial charge on any atom is 0.419 e. The lowest BCUT2D eigenvalue weighted by Gasteiger charge is -2.24. The molecular weight excluding hydrogens is 338 g/mol. The van der Waals surface area contributed by atoms with Gasteiger partial charge in [0, 0.05) is 20.1 Å². The van der Waals surface area contributed by atoms with Gasteiger partial charge in [-0.15, -0.1) is 0 Å². The molecule has 1 aliphatic rings. The molecule has 1 aliphatic heterocycles. The molecule has 0 unspecified atom stereocenters. The van der Waals surface area contributed by atoms with E-state index in [9.17, 15) is 14.4 Å². The maximum absolute atomic E-state index is 12.6. The molecule has 1 fully saturated rings. The van der Waals surface area contributed by atoms with Crippen LogP contribution in [-0.2, 0) is 16.6 Å². The van der Waals surface area contributed by atoms with Gasteiger partial charge in [0.2, 0.25) is 5.91 Å². The van der Waals surface area contributed by atoms with E-state index in [1.807, 2.05) is 0 Å². The fourth-order valence-corrected chi connectivity index (χ4v) is 2.95. The van der Waals surface area contributed by atoms with Crippen LogP contribution in [0.5, 0.6) is 0 Å². The van der Waals surface area contributed by atoms with Crippen molar-refractivity contribution in [2.24, 2.45) is 13.0 Å². The number of para-hydroxylation sites is 1. The molecule has 0 bridgehead atoms. The van der Waals surface area contributed by atoms with Crippen LogP contribution in [0.25, 0.3) is 11.1 Å². The Morgan fingerprint density at radius 2 is 2.04 bits per heavy atom. The molecule has 26 heavy (non-hydrogen) atoms. The number of nitrogens with one attached hydrogen (secondary N) is 1. The van der Waals surface area contributed by atoms with Crippen LogP contribution in [0.1, 0.15) is 27.2 Å². The van der Waals surface area contributed by atoms with Crippen LogP contribution in [0.3, 0.4) is 0 Å².